The monoisotopic (exact) mass is 353 g/mol. The molecule has 4 nitrogen and oxygen atoms in total. The van der Waals surface area contributed by atoms with Gasteiger partial charge in [-0.2, -0.15) is 0 Å². The van der Waals surface area contributed by atoms with E-state index in [0.29, 0.717) is 17.2 Å². The molecule has 2 aromatic carbocycles. The van der Waals surface area contributed by atoms with E-state index in [9.17, 15) is 9.18 Å². The second-order valence-electron chi connectivity index (χ2n) is 4.12. The van der Waals surface area contributed by atoms with E-state index in [1.165, 1.54) is 26.4 Å². The zero-order chi connectivity index (χ0) is 15.4. The summed E-state index contributed by atoms with van der Waals surface area (Å²) in [7, 11) is 3.01. The van der Waals surface area contributed by atoms with Gasteiger partial charge in [0.15, 0.2) is 0 Å². The van der Waals surface area contributed by atoms with Crippen molar-refractivity contribution in [3.8, 4) is 11.5 Å². The van der Waals surface area contributed by atoms with Gasteiger partial charge < -0.3 is 14.8 Å². The Morgan fingerprint density at radius 3 is 2.62 bits per heavy atom. The number of rotatable bonds is 4. The number of carbonyl (C=O) groups excluding carboxylic acids is 1. The molecule has 0 aliphatic heterocycles. The molecule has 0 heterocycles. The molecule has 0 saturated heterocycles. The number of hydrogen-bond acceptors (Lipinski definition) is 3. The highest BCUT2D eigenvalue weighted by Crippen LogP contribution is 2.29. The summed E-state index contributed by atoms with van der Waals surface area (Å²) in [4.78, 5) is 12.2. The first-order valence-electron chi connectivity index (χ1n) is 6.04. The third-order valence-electron chi connectivity index (χ3n) is 2.85. The molecule has 21 heavy (non-hydrogen) atoms. The average Bonchev–Trinajstić information content (AvgIpc) is 2.50. The summed E-state index contributed by atoms with van der Waals surface area (Å²) >= 11 is 3.05. The molecule has 0 atom stereocenters. The van der Waals surface area contributed by atoms with Crippen LogP contribution >= 0.6 is 15.9 Å². The average molecular weight is 354 g/mol. The van der Waals surface area contributed by atoms with E-state index in [1.54, 1.807) is 24.3 Å². The normalized spacial score (nSPS) is 10.1. The smallest absolute Gasteiger partial charge is 0.258 e. The number of ether oxygens (including phenoxy) is 2. The van der Waals surface area contributed by atoms with Crippen LogP contribution in [0.5, 0.6) is 11.5 Å². The van der Waals surface area contributed by atoms with Crippen molar-refractivity contribution in [2.75, 3.05) is 19.5 Å². The first kappa shape index (κ1) is 15.3. The fourth-order valence-corrected chi connectivity index (χ4v) is 2.14. The zero-order valence-corrected chi connectivity index (χ0v) is 13.0. The predicted molar refractivity (Wildman–Crippen MR) is 81.6 cm³/mol. The second-order valence-corrected chi connectivity index (χ2v) is 4.98. The molecular formula is C15H13BrFNO3. The van der Waals surface area contributed by atoms with E-state index < -0.39 is 11.7 Å². The summed E-state index contributed by atoms with van der Waals surface area (Å²) in [6, 6.07) is 9.46. The van der Waals surface area contributed by atoms with Gasteiger partial charge in [0.05, 0.1) is 29.9 Å². The third-order valence-corrected chi connectivity index (χ3v) is 3.47. The van der Waals surface area contributed by atoms with Gasteiger partial charge >= 0.3 is 0 Å². The number of anilines is 1. The fourth-order valence-electron chi connectivity index (χ4n) is 1.77. The Hall–Kier alpha value is -2.08. The summed E-state index contributed by atoms with van der Waals surface area (Å²) in [5.74, 6) is -0.142. The maximum absolute atomic E-state index is 13.9. The van der Waals surface area contributed by atoms with Crippen LogP contribution in [0.3, 0.4) is 0 Å². The van der Waals surface area contributed by atoms with Gasteiger partial charge in [-0.05, 0) is 40.2 Å². The molecule has 0 aromatic heterocycles. The lowest BCUT2D eigenvalue weighted by Crippen LogP contribution is -2.14. The molecule has 2 aromatic rings. The Morgan fingerprint density at radius 2 is 1.95 bits per heavy atom. The van der Waals surface area contributed by atoms with E-state index in [2.05, 4.69) is 21.2 Å². The summed E-state index contributed by atoms with van der Waals surface area (Å²) in [6.45, 7) is 0. The molecule has 0 aliphatic carbocycles. The van der Waals surface area contributed by atoms with Crippen LogP contribution in [0.4, 0.5) is 10.1 Å². The van der Waals surface area contributed by atoms with E-state index in [-0.39, 0.29) is 10.0 Å². The van der Waals surface area contributed by atoms with Crippen molar-refractivity contribution < 1.29 is 18.7 Å². The van der Waals surface area contributed by atoms with Gasteiger partial charge in [-0.1, -0.05) is 6.07 Å². The van der Waals surface area contributed by atoms with Crippen LogP contribution < -0.4 is 14.8 Å². The first-order chi connectivity index (χ1) is 10.1. The van der Waals surface area contributed by atoms with Gasteiger partial charge in [-0.15, -0.1) is 0 Å². The van der Waals surface area contributed by atoms with Crippen molar-refractivity contribution in [2.45, 2.75) is 0 Å². The van der Waals surface area contributed by atoms with Crippen LogP contribution in [0.25, 0.3) is 0 Å². The minimum absolute atomic E-state index is 0.0535. The van der Waals surface area contributed by atoms with Crippen LogP contribution in [-0.2, 0) is 0 Å². The van der Waals surface area contributed by atoms with E-state index >= 15 is 0 Å². The van der Waals surface area contributed by atoms with Gasteiger partial charge in [-0.3, -0.25) is 4.79 Å². The highest BCUT2D eigenvalue weighted by atomic mass is 79.9. The summed E-state index contributed by atoms with van der Waals surface area (Å²) in [5, 5.41) is 2.62. The van der Waals surface area contributed by atoms with Gasteiger partial charge in [0.25, 0.3) is 5.91 Å². The molecule has 0 spiro atoms. The minimum atomic E-state index is -0.609. The van der Waals surface area contributed by atoms with Crippen molar-refractivity contribution in [2.24, 2.45) is 0 Å². The fraction of sp³-hybridized carbons (Fsp3) is 0.133. The van der Waals surface area contributed by atoms with Crippen LogP contribution in [-0.4, -0.2) is 20.1 Å². The van der Waals surface area contributed by atoms with E-state index in [0.717, 1.165) is 0 Å². The van der Waals surface area contributed by atoms with Crippen molar-refractivity contribution in [1.29, 1.82) is 0 Å². The Balaban J connectivity index is 2.29. The summed E-state index contributed by atoms with van der Waals surface area (Å²) < 4.78 is 24.4. The summed E-state index contributed by atoms with van der Waals surface area (Å²) in [6.07, 6.45) is 0. The van der Waals surface area contributed by atoms with Crippen molar-refractivity contribution in [1.82, 2.24) is 0 Å². The standard InChI is InChI=1S/C15H13BrFNO3/c1-20-9-6-7-12(13(8-9)21-2)18-15(19)10-4-3-5-11(16)14(10)17/h3-8H,1-2H3,(H,18,19). The molecule has 1 N–H and O–H groups in total. The van der Waals surface area contributed by atoms with Gasteiger partial charge in [0.1, 0.15) is 17.3 Å². The molecule has 0 fully saturated rings. The Kier molecular flexibility index (Phi) is 4.80. The molecule has 0 unspecified atom stereocenters. The minimum Gasteiger partial charge on any atom is -0.497 e. The Bertz CT molecular complexity index is 676. The quantitative estimate of drug-likeness (QED) is 0.907. The summed E-state index contributed by atoms with van der Waals surface area (Å²) in [5.41, 5.74) is 0.380. The number of nitrogens with one attached hydrogen (secondary N) is 1. The molecule has 0 saturated carbocycles. The Labute approximate surface area is 130 Å². The zero-order valence-electron chi connectivity index (χ0n) is 11.4. The lowest BCUT2D eigenvalue weighted by atomic mass is 10.2. The molecule has 0 radical (unpaired) electrons. The maximum Gasteiger partial charge on any atom is 0.258 e. The molecule has 6 heteroatoms. The third kappa shape index (κ3) is 3.33. The number of amides is 1. The molecule has 1 amide bonds. The lowest BCUT2D eigenvalue weighted by Gasteiger charge is -2.12. The molecular weight excluding hydrogens is 341 g/mol. The van der Waals surface area contributed by atoms with E-state index in [1.807, 2.05) is 0 Å². The predicted octanol–water partition coefficient (Wildman–Crippen LogP) is 3.86. The number of benzene rings is 2. The SMILES string of the molecule is COc1ccc(NC(=O)c2cccc(Br)c2F)c(OC)c1. The Morgan fingerprint density at radius 1 is 1.19 bits per heavy atom. The first-order valence-corrected chi connectivity index (χ1v) is 6.83. The largest absolute Gasteiger partial charge is 0.497 e. The lowest BCUT2D eigenvalue weighted by molar-refractivity contribution is 0.102. The highest BCUT2D eigenvalue weighted by molar-refractivity contribution is 9.10. The molecule has 0 aliphatic rings. The molecule has 0 bridgehead atoms. The van der Waals surface area contributed by atoms with Gasteiger partial charge in [-0.25, -0.2) is 4.39 Å². The second kappa shape index (κ2) is 6.58. The van der Waals surface area contributed by atoms with Gasteiger partial charge in [0.2, 0.25) is 0 Å². The van der Waals surface area contributed by atoms with Crippen LogP contribution in [0.15, 0.2) is 40.9 Å². The van der Waals surface area contributed by atoms with E-state index in [4.69, 9.17) is 9.47 Å². The van der Waals surface area contributed by atoms with Crippen molar-refractivity contribution in [3.63, 3.8) is 0 Å². The molecule has 110 valence electrons. The molecule has 2 rings (SSSR count). The number of halogens is 2. The van der Waals surface area contributed by atoms with Gasteiger partial charge in [0, 0.05) is 6.07 Å². The van der Waals surface area contributed by atoms with Crippen LogP contribution in [0.1, 0.15) is 10.4 Å². The highest BCUT2D eigenvalue weighted by Gasteiger charge is 2.16. The maximum atomic E-state index is 13.9. The number of hydrogen-bond donors (Lipinski definition) is 1. The van der Waals surface area contributed by atoms with Crippen LogP contribution in [0, 0.1) is 5.82 Å². The topological polar surface area (TPSA) is 47.6 Å². The van der Waals surface area contributed by atoms with Crippen molar-refractivity contribution >= 4 is 27.5 Å². The van der Waals surface area contributed by atoms with Crippen LogP contribution in [0.2, 0.25) is 0 Å². The van der Waals surface area contributed by atoms with Crippen molar-refractivity contribution in [3.05, 3.63) is 52.3 Å². The number of methoxy groups -OCH3 is 2. The number of carbonyl (C=O) groups is 1.